The third kappa shape index (κ3) is 4.24. The van der Waals surface area contributed by atoms with Crippen molar-refractivity contribution < 1.29 is 14.3 Å². The topological polar surface area (TPSA) is 58.6 Å². The zero-order valence-corrected chi connectivity index (χ0v) is 13.4. The van der Waals surface area contributed by atoms with E-state index in [0.717, 1.165) is 43.5 Å². The Morgan fingerprint density at radius 3 is 3.04 bits per heavy atom. The largest absolute Gasteiger partial charge is 0.491 e. The first kappa shape index (κ1) is 15.8. The first-order valence-electron chi connectivity index (χ1n) is 8.50. The van der Waals surface area contributed by atoms with Crippen LogP contribution in [-0.4, -0.2) is 42.5 Å². The number of benzene rings is 1. The Morgan fingerprint density at radius 1 is 1.26 bits per heavy atom. The summed E-state index contributed by atoms with van der Waals surface area (Å²) in [5.41, 5.74) is 1.13. The normalized spacial score (nSPS) is 21.1. The Kier molecular flexibility index (Phi) is 5.16. The monoisotopic (exact) mass is 316 g/mol. The molecule has 5 nitrogen and oxygen atoms in total. The number of para-hydroxylation sites is 1. The summed E-state index contributed by atoms with van der Waals surface area (Å²) in [6.45, 7) is 1.81. The second-order valence-electron chi connectivity index (χ2n) is 6.33. The highest BCUT2D eigenvalue weighted by atomic mass is 16.5. The number of hydrogen-bond donors (Lipinski definition) is 1. The predicted molar refractivity (Wildman–Crippen MR) is 87.2 cm³/mol. The Bertz CT molecular complexity index is 573. The van der Waals surface area contributed by atoms with Gasteiger partial charge in [-0.15, -0.1) is 0 Å². The van der Waals surface area contributed by atoms with Gasteiger partial charge in [-0.05, 0) is 30.9 Å². The number of carbonyl (C=O) groups excluding carboxylic acids is 2. The maximum atomic E-state index is 12.2. The fourth-order valence-corrected chi connectivity index (χ4v) is 3.23. The molecule has 124 valence electrons. The molecule has 0 aliphatic carbocycles. The highest BCUT2D eigenvalue weighted by molar-refractivity contribution is 5.79. The minimum absolute atomic E-state index is 0.00460. The number of amides is 2. The van der Waals surface area contributed by atoms with Gasteiger partial charge < -0.3 is 15.0 Å². The molecule has 0 spiro atoms. The highest BCUT2D eigenvalue weighted by Gasteiger charge is 2.22. The fourth-order valence-electron chi connectivity index (χ4n) is 3.23. The minimum atomic E-state index is -0.00460. The molecular weight excluding hydrogens is 292 g/mol. The van der Waals surface area contributed by atoms with E-state index in [1.807, 2.05) is 29.2 Å². The molecule has 1 aromatic rings. The highest BCUT2D eigenvalue weighted by Crippen LogP contribution is 2.23. The molecule has 1 fully saturated rings. The molecular formula is C18H24N2O3. The molecule has 0 bridgehead atoms. The number of carbonyl (C=O) groups is 2. The lowest BCUT2D eigenvalue weighted by Gasteiger charge is -2.26. The van der Waals surface area contributed by atoms with Crippen molar-refractivity contribution >= 4 is 11.8 Å². The molecule has 0 radical (unpaired) electrons. The first-order valence-corrected chi connectivity index (χ1v) is 8.50. The fraction of sp³-hybridized carbons (Fsp3) is 0.556. The van der Waals surface area contributed by atoms with Gasteiger partial charge in [0.25, 0.3) is 0 Å². The second-order valence-corrected chi connectivity index (χ2v) is 6.33. The van der Waals surface area contributed by atoms with Crippen molar-refractivity contribution in [3.05, 3.63) is 29.8 Å². The molecule has 1 N–H and O–H groups in total. The van der Waals surface area contributed by atoms with Gasteiger partial charge in [-0.1, -0.05) is 24.6 Å². The van der Waals surface area contributed by atoms with Gasteiger partial charge in [0.05, 0.1) is 6.04 Å². The summed E-state index contributed by atoms with van der Waals surface area (Å²) in [5, 5.41) is 3.03. The summed E-state index contributed by atoms with van der Waals surface area (Å²) in [7, 11) is 0. The van der Waals surface area contributed by atoms with Gasteiger partial charge in [0.2, 0.25) is 11.8 Å². The lowest BCUT2D eigenvalue weighted by Crippen LogP contribution is -2.44. The molecule has 1 saturated heterocycles. The number of likely N-dealkylation sites (tertiary alicyclic amines) is 1. The number of fused-ring (bicyclic) bond motifs is 1. The predicted octanol–water partition coefficient (Wildman–Crippen LogP) is 1.90. The van der Waals surface area contributed by atoms with Crippen LogP contribution in [0.25, 0.3) is 0 Å². The van der Waals surface area contributed by atoms with Gasteiger partial charge >= 0.3 is 0 Å². The SMILES string of the molecule is O=C(CCN1CCCCCC1=O)NC1COc2ccccc2C1. The van der Waals surface area contributed by atoms with Crippen molar-refractivity contribution in [2.45, 2.75) is 44.6 Å². The maximum Gasteiger partial charge on any atom is 0.222 e. The number of nitrogens with zero attached hydrogens (tertiary/aromatic N) is 1. The van der Waals surface area contributed by atoms with Crippen LogP contribution in [0.4, 0.5) is 0 Å². The van der Waals surface area contributed by atoms with Crippen LogP contribution < -0.4 is 10.1 Å². The standard InChI is InChI=1S/C18H24N2O3/c21-17(9-11-20-10-5-1-2-8-18(20)22)19-15-12-14-6-3-4-7-16(14)23-13-15/h3-4,6-7,15H,1-2,5,8-13H2,(H,19,21). The second kappa shape index (κ2) is 7.49. The van der Waals surface area contributed by atoms with E-state index < -0.39 is 0 Å². The van der Waals surface area contributed by atoms with E-state index in [1.165, 1.54) is 0 Å². The molecule has 2 aliphatic rings. The van der Waals surface area contributed by atoms with E-state index in [0.29, 0.717) is 26.0 Å². The van der Waals surface area contributed by atoms with Crippen molar-refractivity contribution in [2.24, 2.45) is 0 Å². The quantitative estimate of drug-likeness (QED) is 0.923. The number of hydrogen-bond acceptors (Lipinski definition) is 3. The van der Waals surface area contributed by atoms with Crippen molar-refractivity contribution in [3.8, 4) is 5.75 Å². The Morgan fingerprint density at radius 2 is 2.13 bits per heavy atom. The number of ether oxygens (including phenoxy) is 1. The van der Waals surface area contributed by atoms with Crippen LogP contribution >= 0.6 is 0 Å². The van der Waals surface area contributed by atoms with E-state index in [4.69, 9.17) is 4.74 Å². The van der Waals surface area contributed by atoms with Crippen molar-refractivity contribution in [1.29, 1.82) is 0 Å². The Balaban J connectivity index is 1.46. The molecule has 3 rings (SSSR count). The van der Waals surface area contributed by atoms with Crippen LogP contribution in [0.15, 0.2) is 24.3 Å². The smallest absolute Gasteiger partial charge is 0.222 e. The molecule has 1 aromatic carbocycles. The van der Waals surface area contributed by atoms with Crippen molar-refractivity contribution in [1.82, 2.24) is 10.2 Å². The molecule has 1 unspecified atom stereocenters. The van der Waals surface area contributed by atoms with Gasteiger partial charge in [-0.3, -0.25) is 9.59 Å². The van der Waals surface area contributed by atoms with Gasteiger partial charge in [0.15, 0.2) is 0 Å². The molecule has 23 heavy (non-hydrogen) atoms. The zero-order valence-electron chi connectivity index (χ0n) is 13.4. The molecule has 0 aromatic heterocycles. The molecule has 0 saturated carbocycles. The van der Waals surface area contributed by atoms with Gasteiger partial charge in [0, 0.05) is 25.9 Å². The average molecular weight is 316 g/mol. The van der Waals surface area contributed by atoms with Crippen LogP contribution in [-0.2, 0) is 16.0 Å². The van der Waals surface area contributed by atoms with Crippen molar-refractivity contribution in [3.63, 3.8) is 0 Å². The lowest BCUT2D eigenvalue weighted by molar-refractivity contribution is -0.131. The molecule has 5 heteroatoms. The molecule has 1 atom stereocenters. The van der Waals surface area contributed by atoms with E-state index in [-0.39, 0.29) is 17.9 Å². The van der Waals surface area contributed by atoms with Crippen LogP contribution in [0.2, 0.25) is 0 Å². The minimum Gasteiger partial charge on any atom is -0.491 e. The van der Waals surface area contributed by atoms with Crippen molar-refractivity contribution in [2.75, 3.05) is 19.7 Å². The summed E-state index contributed by atoms with van der Waals surface area (Å²) >= 11 is 0. The third-order valence-corrected chi connectivity index (χ3v) is 4.52. The number of nitrogens with one attached hydrogen (secondary N) is 1. The van der Waals surface area contributed by atoms with E-state index in [2.05, 4.69) is 5.32 Å². The van der Waals surface area contributed by atoms with E-state index in [9.17, 15) is 9.59 Å². The van der Waals surface area contributed by atoms with Gasteiger partial charge in [-0.25, -0.2) is 0 Å². The first-order chi connectivity index (χ1) is 11.2. The summed E-state index contributed by atoms with van der Waals surface area (Å²) < 4.78 is 5.69. The van der Waals surface area contributed by atoms with E-state index >= 15 is 0 Å². The zero-order chi connectivity index (χ0) is 16.1. The van der Waals surface area contributed by atoms with Crippen LogP contribution in [0, 0.1) is 0 Å². The van der Waals surface area contributed by atoms with Crippen LogP contribution in [0.5, 0.6) is 5.75 Å². The average Bonchev–Trinajstić information content (AvgIpc) is 2.77. The van der Waals surface area contributed by atoms with Crippen LogP contribution in [0.1, 0.15) is 37.7 Å². The third-order valence-electron chi connectivity index (χ3n) is 4.52. The van der Waals surface area contributed by atoms with Crippen LogP contribution in [0.3, 0.4) is 0 Å². The van der Waals surface area contributed by atoms with Gasteiger partial charge in [-0.2, -0.15) is 0 Å². The number of rotatable bonds is 4. The van der Waals surface area contributed by atoms with Gasteiger partial charge in [0.1, 0.15) is 12.4 Å². The summed E-state index contributed by atoms with van der Waals surface area (Å²) in [6.07, 6.45) is 4.90. The molecule has 2 aliphatic heterocycles. The Hall–Kier alpha value is -2.04. The summed E-state index contributed by atoms with van der Waals surface area (Å²) in [4.78, 5) is 25.9. The van der Waals surface area contributed by atoms with E-state index in [1.54, 1.807) is 0 Å². The summed E-state index contributed by atoms with van der Waals surface area (Å²) in [6, 6.07) is 7.94. The summed E-state index contributed by atoms with van der Waals surface area (Å²) in [5.74, 6) is 1.09. The molecule has 2 amide bonds. The lowest BCUT2D eigenvalue weighted by atomic mass is 10.0. The molecule has 2 heterocycles. The Labute approximate surface area is 137 Å². The maximum absolute atomic E-state index is 12.2.